The van der Waals surface area contributed by atoms with Crippen LogP contribution in [-0.4, -0.2) is 46.7 Å². The van der Waals surface area contributed by atoms with E-state index in [1.807, 2.05) is 30.1 Å². The molecule has 0 radical (unpaired) electrons. The fraction of sp³-hybridized carbons (Fsp3) is 0.650. The summed E-state index contributed by atoms with van der Waals surface area (Å²) in [5, 5.41) is 0. The third kappa shape index (κ3) is 3.16. The number of carbonyl (C=O) groups is 2. The highest BCUT2D eigenvalue weighted by molar-refractivity contribution is 5.84. The standard InChI is InChI=1S/C20H27N3O2/c1-22(13-16-8-4-5-10-21-16)19(25)17-12-20(17)9-11-23(14-20)18(24)15-6-2-3-7-15/h4-5,8,10,15,17H,2-3,6-7,9,11-14H2,1H3/t17-,20+/m0/s1. The van der Waals surface area contributed by atoms with E-state index in [1.54, 1.807) is 11.1 Å². The van der Waals surface area contributed by atoms with Crippen molar-refractivity contribution in [3.63, 3.8) is 0 Å². The molecule has 5 heteroatoms. The normalized spacial score (nSPS) is 28.5. The van der Waals surface area contributed by atoms with Gasteiger partial charge in [0.05, 0.1) is 12.2 Å². The van der Waals surface area contributed by atoms with E-state index < -0.39 is 0 Å². The largest absolute Gasteiger partial charge is 0.342 e. The Kier molecular flexibility index (Phi) is 4.26. The van der Waals surface area contributed by atoms with Crippen LogP contribution < -0.4 is 0 Å². The van der Waals surface area contributed by atoms with Gasteiger partial charge in [-0.1, -0.05) is 18.9 Å². The summed E-state index contributed by atoms with van der Waals surface area (Å²) >= 11 is 0. The second-order valence-corrected chi connectivity index (χ2v) is 8.13. The lowest BCUT2D eigenvalue weighted by molar-refractivity contribution is -0.135. The lowest BCUT2D eigenvalue weighted by Gasteiger charge is -2.21. The van der Waals surface area contributed by atoms with Crippen molar-refractivity contribution in [1.29, 1.82) is 0 Å². The Balaban J connectivity index is 1.33. The first kappa shape index (κ1) is 16.6. The van der Waals surface area contributed by atoms with Gasteiger partial charge in [-0.05, 0) is 37.8 Å². The molecule has 2 heterocycles. The molecule has 4 rings (SSSR count). The average molecular weight is 341 g/mol. The van der Waals surface area contributed by atoms with Crippen LogP contribution in [0.4, 0.5) is 0 Å². The van der Waals surface area contributed by atoms with Crippen LogP contribution in [0.15, 0.2) is 24.4 Å². The molecular weight excluding hydrogens is 314 g/mol. The Labute approximate surface area is 149 Å². The van der Waals surface area contributed by atoms with Crippen LogP contribution >= 0.6 is 0 Å². The molecule has 0 bridgehead atoms. The molecule has 2 amide bonds. The number of hydrogen-bond donors (Lipinski definition) is 0. The molecular formula is C20H27N3O2. The van der Waals surface area contributed by atoms with Crippen LogP contribution in [0.1, 0.15) is 44.2 Å². The third-order valence-electron chi connectivity index (χ3n) is 6.39. The fourth-order valence-electron chi connectivity index (χ4n) is 4.74. The Morgan fingerprint density at radius 3 is 2.84 bits per heavy atom. The van der Waals surface area contributed by atoms with Gasteiger partial charge >= 0.3 is 0 Å². The van der Waals surface area contributed by atoms with Crippen molar-refractivity contribution in [3.05, 3.63) is 30.1 Å². The Bertz CT molecular complexity index is 656. The minimum Gasteiger partial charge on any atom is -0.342 e. The van der Waals surface area contributed by atoms with Crippen molar-refractivity contribution in [2.45, 2.75) is 45.1 Å². The molecule has 2 saturated carbocycles. The van der Waals surface area contributed by atoms with E-state index in [1.165, 1.54) is 12.8 Å². The maximum absolute atomic E-state index is 12.8. The number of amides is 2. The van der Waals surface area contributed by atoms with Crippen molar-refractivity contribution in [2.75, 3.05) is 20.1 Å². The SMILES string of the molecule is CN(Cc1ccccn1)C(=O)[C@@H]1C[C@@]12CCN(C(=O)C1CCCC1)C2. The molecule has 5 nitrogen and oxygen atoms in total. The number of pyridine rings is 1. The maximum Gasteiger partial charge on any atom is 0.226 e. The van der Waals surface area contributed by atoms with Crippen LogP contribution in [0, 0.1) is 17.3 Å². The monoisotopic (exact) mass is 341 g/mol. The molecule has 1 aliphatic heterocycles. The van der Waals surface area contributed by atoms with Crippen molar-refractivity contribution < 1.29 is 9.59 Å². The van der Waals surface area contributed by atoms with Gasteiger partial charge in [0.25, 0.3) is 0 Å². The van der Waals surface area contributed by atoms with Gasteiger partial charge in [0.15, 0.2) is 0 Å². The van der Waals surface area contributed by atoms with Crippen molar-refractivity contribution in [1.82, 2.24) is 14.8 Å². The average Bonchev–Trinajstić information content (AvgIpc) is 2.97. The molecule has 134 valence electrons. The van der Waals surface area contributed by atoms with Gasteiger partial charge in [0.1, 0.15) is 0 Å². The lowest BCUT2D eigenvalue weighted by Crippen LogP contribution is -2.34. The zero-order chi connectivity index (χ0) is 17.4. The predicted octanol–water partition coefficient (Wildman–Crippen LogP) is 2.47. The van der Waals surface area contributed by atoms with Crippen LogP contribution in [0.3, 0.4) is 0 Å². The van der Waals surface area contributed by atoms with Gasteiger partial charge in [-0.25, -0.2) is 0 Å². The van der Waals surface area contributed by atoms with Crippen molar-refractivity contribution >= 4 is 11.8 Å². The third-order valence-corrected chi connectivity index (χ3v) is 6.39. The summed E-state index contributed by atoms with van der Waals surface area (Å²) in [6.07, 6.45) is 8.17. The first-order valence-electron chi connectivity index (χ1n) is 9.53. The van der Waals surface area contributed by atoms with Crippen LogP contribution in [0.25, 0.3) is 0 Å². The van der Waals surface area contributed by atoms with E-state index in [9.17, 15) is 9.59 Å². The number of rotatable bonds is 4. The summed E-state index contributed by atoms with van der Waals surface area (Å²) in [5.41, 5.74) is 0.974. The first-order valence-corrected chi connectivity index (χ1v) is 9.53. The summed E-state index contributed by atoms with van der Waals surface area (Å²) in [4.78, 5) is 33.6. The quantitative estimate of drug-likeness (QED) is 0.845. The van der Waals surface area contributed by atoms with E-state index >= 15 is 0 Å². The van der Waals surface area contributed by atoms with E-state index in [0.29, 0.717) is 12.5 Å². The summed E-state index contributed by atoms with van der Waals surface area (Å²) in [6, 6.07) is 5.78. The lowest BCUT2D eigenvalue weighted by atomic mass is 10.0. The van der Waals surface area contributed by atoms with Gasteiger partial charge in [-0.2, -0.15) is 0 Å². The molecule has 2 atom stereocenters. The first-order chi connectivity index (χ1) is 12.1. The van der Waals surface area contributed by atoms with Gasteiger partial charge in [-0.15, -0.1) is 0 Å². The molecule has 1 saturated heterocycles. The minimum atomic E-state index is 0.0593. The van der Waals surface area contributed by atoms with E-state index in [4.69, 9.17) is 0 Å². The minimum absolute atomic E-state index is 0.0593. The summed E-state index contributed by atoms with van der Waals surface area (Å²) in [5.74, 6) is 0.882. The molecule has 3 fully saturated rings. The molecule has 25 heavy (non-hydrogen) atoms. The fourth-order valence-corrected chi connectivity index (χ4v) is 4.74. The van der Waals surface area contributed by atoms with Crippen molar-refractivity contribution in [2.24, 2.45) is 17.3 Å². The topological polar surface area (TPSA) is 53.5 Å². The predicted molar refractivity (Wildman–Crippen MR) is 94.4 cm³/mol. The summed E-state index contributed by atoms with van der Waals surface area (Å²) < 4.78 is 0. The van der Waals surface area contributed by atoms with Gasteiger partial charge < -0.3 is 9.80 Å². The highest BCUT2D eigenvalue weighted by Crippen LogP contribution is 2.59. The van der Waals surface area contributed by atoms with E-state index in [0.717, 1.165) is 44.5 Å². The second kappa shape index (κ2) is 6.43. The number of nitrogens with zero attached hydrogens (tertiary/aromatic N) is 3. The van der Waals surface area contributed by atoms with E-state index in [-0.39, 0.29) is 23.2 Å². The van der Waals surface area contributed by atoms with Crippen LogP contribution in [0.5, 0.6) is 0 Å². The Morgan fingerprint density at radius 2 is 2.12 bits per heavy atom. The summed E-state index contributed by atoms with van der Waals surface area (Å²) in [6.45, 7) is 2.18. The van der Waals surface area contributed by atoms with E-state index in [2.05, 4.69) is 4.98 Å². The number of aromatic nitrogens is 1. The Morgan fingerprint density at radius 1 is 1.32 bits per heavy atom. The molecule has 2 aliphatic carbocycles. The zero-order valence-corrected chi connectivity index (χ0v) is 15.0. The molecule has 1 spiro atoms. The number of hydrogen-bond acceptors (Lipinski definition) is 3. The smallest absolute Gasteiger partial charge is 0.226 e. The molecule has 1 aromatic heterocycles. The maximum atomic E-state index is 12.8. The van der Waals surface area contributed by atoms with Gasteiger partial charge in [0.2, 0.25) is 11.8 Å². The zero-order valence-electron chi connectivity index (χ0n) is 15.0. The summed E-state index contributed by atoms with van der Waals surface area (Å²) in [7, 11) is 1.86. The van der Waals surface area contributed by atoms with Crippen LogP contribution in [0.2, 0.25) is 0 Å². The second-order valence-electron chi connectivity index (χ2n) is 8.13. The van der Waals surface area contributed by atoms with Crippen molar-refractivity contribution in [3.8, 4) is 0 Å². The molecule has 0 N–H and O–H groups in total. The Hall–Kier alpha value is -1.91. The highest BCUT2D eigenvalue weighted by Gasteiger charge is 2.62. The van der Waals surface area contributed by atoms with Gasteiger partial charge in [-0.3, -0.25) is 14.6 Å². The molecule has 0 unspecified atom stereocenters. The van der Waals surface area contributed by atoms with Crippen LogP contribution in [-0.2, 0) is 16.1 Å². The van der Waals surface area contributed by atoms with Gasteiger partial charge in [0, 0.05) is 43.6 Å². The highest BCUT2D eigenvalue weighted by atomic mass is 16.2. The molecule has 0 aromatic carbocycles. The number of carbonyl (C=O) groups excluding carboxylic acids is 2. The molecule has 3 aliphatic rings. The molecule has 1 aromatic rings. The number of likely N-dealkylation sites (tertiary alicyclic amines) is 1.